The van der Waals surface area contributed by atoms with E-state index < -0.39 is 29.3 Å². The number of benzene rings is 3. The van der Waals surface area contributed by atoms with Crippen LogP contribution < -0.4 is 5.32 Å². The van der Waals surface area contributed by atoms with Gasteiger partial charge < -0.3 is 19.5 Å². The Kier molecular flexibility index (Phi) is 8.79. The second-order valence-corrected chi connectivity index (χ2v) is 10.7. The third kappa shape index (κ3) is 6.71. The molecule has 1 amide bonds. The van der Waals surface area contributed by atoms with Crippen molar-refractivity contribution >= 4 is 23.4 Å². The standard InChI is InChI=1S/C31H32N2O5S/c1-30(2,3)38-29(35)33-25(27-32-26(21-39-27)28(34)36-4)20-37-31(22-14-8-5-9-15-22,23-16-10-6-11-17-23)24-18-12-7-13-19-24/h5-19,21,25H,20H2,1-4H3,(H,33,35)/t25-/m0/s1. The molecule has 0 aliphatic rings. The number of carbonyl (C=O) groups excluding carboxylic acids is 2. The molecular weight excluding hydrogens is 512 g/mol. The monoisotopic (exact) mass is 544 g/mol. The molecule has 1 atom stereocenters. The van der Waals surface area contributed by atoms with Gasteiger partial charge >= 0.3 is 12.1 Å². The fraction of sp³-hybridized carbons (Fsp3) is 0.258. The number of methoxy groups -OCH3 is 1. The van der Waals surface area contributed by atoms with Crippen LogP contribution in [0.5, 0.6) is 0 Å². The van der Waals surface area contributed by atoms with Crippen molar-refractivity contribution < 1.29 is 23.8 Å². The van der Waals surface area contributed by atoms with Crippen LogP contribution in [0.25, 0.3) is 0 Å². The Morgan fingerprint density at radius 1 is 0.846 bits per heavy atom. The van der Waals surface area contributed by atoms with Crippen LogP contribution in [-0.2, 0) is 19.8 Å². The van der Waals surface area contributed by atoms with Gasteiger partial charge in [-0.2, -0.15) is 0 Å². The molecule has 4 aromatic rings. The van der Waals surface area contributed by atoms with Crippen LogP contribution in [0.15, 0.2) is 96.4 Å². The van der Waals surface area contributed by atoms with Gasteiger partial charge in [0.1, 0.15) is 22.3 Å². The molecule has 4 rings (SSSR count). The van der Waals surface area contributed by atoms with Gasteiger partial charge in [-0.1, -0.05) is 91.0 Å². The number of nitrogens with zero attached hydrogens (tertiary/aromatic N) is 1. The van der Waals surface area contributed by atoms with Gasteiger partial charge in [0.05, 0.1) is 13.7 Å². The molecule has 1 aromatic heterocycles. The first kappa shape index (κ1) is 28.0. The van der Waals surface area contributed by atoms with Crippen LogP contribution >= 0.6 is 11.3 Å². The van der Waals surface area contributed by atoms with Crippen molar-refractivity contribution in [2.75, 3.05) is 13.7 Å². The number of aromatic nitrogens is 1. The molecule has 0 saturated carbocycles. The van der Waals surface area contributed by atoms with E-state index in [2.05, 4.69) is 10.3 Å². The van der Waals surface area contributed by atoms with E-state index in [4.69, 9.17) is 14.2 Å². The number of esters is 1. The van der Waals surface area contributed by atoms with Crippen molar-refractivity contribution in [3.8, 4) is 0 Å². The summed E-state index contributed by atoms with van der Waals surface area (Å²) in [6, 6.07) is 29.1. The SMILES string of the molecule is COC(=O)c1csc([C@H](COC(c2ccccc2)(c2ccccc2)c2ccccc2)NC(=O)OC(C)(C)C)n1. The molecule has 0 fully saturated rings. The summed E-state index contributed by atoms with van der Waals surface area (Å²) in [4.78, 5) is 29.4. The van der Waals surface area contributed by atoms with Gasteiger partial charge in [-0.05, 0) is 37.5 Å². The second-order valence-electron chi connectivity index (χ2n) is 9.85. The van der Waals surface area contributed by atoms with Gasteiger partial charge in [0.25, 0.3) is 0 Å². The first-order valence-corrected chi connectivity index (χ1v) is 13.4. The lowest BCUT2D eigenvalue weighted by Gasteiger charge is -2.37. The van der Waals surface area contributed by atoms with Crippen LogP contribution in [0.3, 0.4) is 0 Å². The van der Waals surface area contributed by atoms with E-state index in [0.717, 1.165) is 16.7 Å². The fourth-order valence-corrected chi connectivity index (χ4v) is 5.07. The van der Waals surface area contributed by atoms with E-state index in [0.29, 0.717) is 5.01 Å². The zero-order chi connectivity index (χ0) is 27.9. The highest BCUT2D eigenvalue weighted by Gasteiger charge is 2.39. The first-order chi connectivity index (χ1) is 18.7. The smallest absolute Gasteiger partial charge is 0.408 e. The third-order valence-corrected chi connectivity index (χ3v) is 6.87. The maximum atomic E-state index is 12.9. The molecule has 1 heterocycles. The van der Waals surface area contributed by atoms with Crippen molar-refractivity contribution in [2.45, 2.75) is 38.0 Å². The van der Waals surface area contributed by atoms with E-state index in [1.165, 1.54) is 18.4 Å². The molecule has 1 N–H and O–H groups in total. The Labute approximate surface area is 232 Å². The minimum absolute atomic E-state index is 0.0338. The highest BCUT2D eigenvalue weighted by Crippen LogP contribution is 2.41. The third-order valence-electron chi connectivity index (χ3n) is 5.91. The quantitative estimate of drug-likeness (QED) is 0.191. The molecule has 39 heavy (non-hydrogen) atoms. The van der Waals surface area contributed by atoms with Gasteiger partial charge in [-0.15, -0.1) is 11.3 Å². The molecule has 0 spiro atoms. The summed E-state index contributed by atoms with van der Waals surface area (Å²) in [6.45, 7) is 5.41. The van der Waals surface area contributed by atoms with E-state index in [1.807, 2.05) is 91.0 Å². The van der Waals surface area contributed by atoms with Crippen LogP contribution in [-0.4, -0.2) is 36.4 Å². The Balaban J connectivity index is 1.78. The normalized spacial score (nSPS) is 12.4. The van der Waals surface area contributed by atoms with Gasteiger partial charge in [-0.3, -0.25) is 0 Å². The van der Waals surface area contributed by atoms with Crippen molar-refractivity contribution in [1.29, 1.82) is 0 Å². The van der Waals surface area contributed by atoms with Crippen molar-refractivity contribution in [2.24, 2.45) is 0 Å². The summed E-state index contributed by atoms with van der Waals surface area (Å²) in [5.41, 5.74) is 1.24. The average Bonchev–Trinajstić information content (AvgIpc) is 3.43. The van der Waals surface area contributed by atoms with Gasteiger partial charge in [0.2, 0.25) is 0 Å². The molecular formula is C31H32N2O5S. The lowest BCUT2D eigenvalue weighted by atomic mass is 9.80. The molecule has 3 aromatic carbocycles. The largest absolute Gasteiger partial charge is 0.464 e. The highest BCUT2D eigenvalue weighted by molar-refractivity contribution is 7.09. The minimum Gasteiger partial charge on any atom is -0.464 e. The number of amides is 1. The summed E-state index contributed by atoms with van der Waals surface area (Å²) < 4.78 is 17.3. The molecule has 8 heteroatoms. The number of rotatable bonds is 9. The number of hydrogen-bond donors (Lipinski definition) is 1. The summed E-state index contributed by atoms with van der Waals surface area (Å²) >= 11 is 1.24. The van der Waals surface area contributed by atoms with Crippen LogP contribution in [0.2, 0.25) is 0 Å². The Bertz CT molecular complexity index is 1270. The maximum absolute atomic E-state index is 12.9. The molecule has 7 nitrogen and oxygen atoms in total. The van der Waals surface area contributed by atoms with Gasteiger partial charge in [0, 0.05) is 5.38 Å². The predicted molar refractivity (Wildman–Crippen MR) is 151 cm³/mol. The molecule has 0 aliphatic heterocycles. The average molecular weight is 545 g/mol. The van der Waals surface area contributed by atoms with Crippen molar-refractivity contribution in [3.63, 3.8) is 0 Å². The summed E-state index contributed by atoms with van der Waals surface area (Å²) in [5.74, 6) is -0.554. The topological polar surface area (TPSA) is 86.8 Å². The molecule has 0 radical (unpaired) electrons. The molecule has 0 bridgehead atoms. The number of thiazole rings is 1. The number of ether oxygens (including phenoxy) is 3. The van der Waals surface area contributed by atoms with E-state index >= 15 is 0 Å². The Morgan fingerprint density at radius 3 is 1.77 bits per heavy atom. The zero-order valence-corrected chi connectivity index (χ0v) is 23.2. The van der Waals surface area contributed by atoms with Crippen molar-refractivity contribution in [3.05, 3.63) is 124 Å². The first-order valence-electron chi connectivity index (χ1n) is 12.6. The molecule has 0 unspecified atom stereocenters. The zero-order valence-electron chi connectivity index (χ0n) is 22.4. The van der Waals surface area contributed by atoms with Crippen LogP contribution in [0, 0.1) is 0 Å². The fourth-order valence-electron chi connectivity index (χ4n) is 4.25. The number of carbonyl (C=O) groups is 2. The number of hydrogen-bond acceptors (Lipinski definition) is 7. The van der Waals surface area contributed by atoms with E-state index in [9.17, 15) is 9.59 Å². The number of nitrogens with one attached hydrogen (secondary N) is 1. The number of alkyl carbamates (subject to hydrolysis) is 1. The predicted octanol–water partition coefficient (Wildman–Crippen LogP) is 6.50. The van der Waals surface area contributed by atoms with Crippen LogP contribution in [0.1, 0.15) is 59.0 Å². The van der Waals surface area contributed by atoms with Gasteiger partial charge in [0.15, 0.2) is 5.69 Å². The van der Waals surface area contributed by atoms with Gasteiger partial charge in [-0.25, -0.2) is 14.6 Å². The summed E-state index contributed by atoms with van der Waals surface area (Å²) in [5, 5.41) is 4.99. The van der Waals surface area contributed by atoms with Crippen molar-refractivity contribution in [1.82, 2.24) is 10.3 Å². The highest BCUT2D eigenvalue weighted by atomic mass is 32.1. The molecule has 202 valence electrons. The van der Waals surface area contributed by atoms with E-state index in [1.54, 1.807) is 26.2 Å². The lowest BCUT2D eigenvalue weighted by molar-refractivity contribution is -0.00440. The van der Waals surface area contributed by atoms with Crippen LogP contribution in [0.4, 0.5) is 4.79 Å². The summed E-state index contributed by atoms with van der Waals surface area (Å²) in [6.07, 6.45) is -0.615. The van der Waals surface area contributed by atoms with E-state index in [-0.39, 0.29) is 12.3 Å². The Morgan fingerprint density at radius 2 is 1.33 bits per heavy atom. The Hall–Kier alpha value is -4.01. The maximum Gasteiger partial charge on any atom is 0.408 e. The lowest BCUT2D eigenvalue weighted by Crippen LogP contribution is -2.40. The molecule has 0 aliphatic carbocycles. The molecule has 0 saturated heterocycles. The second kappa shape index (κ2) is 12.2. The summed E-state index contributed by atoms with van der Waals surface area (Å²) in [7, 11) is 1.30. The minimum atomic E-state index is -1.000.